The van der Waals surface area contributed by atoms with Gasteiger partial charge >= 0.3 is 5.91 Å². The van der Waals surface area contributed by atoms with E-state index < -0.39 is 23.4 Å². The minimum atomic E-state index is -1.84. The summed E-state index contributed by atoms with van der Waals surface area (Å²) in [7, 11) is 0. The molecule has 4 rings (SSSR count). The van der Waals surface area contributed by atoms with E-state index in [9.17, 15) is 14.4 Å². The minimum Gasteiger partial charge on any atom is -0.494 e. The molecule has 3 aromatic carbocycles. The first-order chi connectivity index (χ1) is 16.9. The van der Waals surface area contributed by atoms with Crippen LogP contribution in [0.4, 0.5) is 11.4 Å². The molecular weight excluding hydrogens is 446 g/mol. The standard InChI is InChI=1S/C26H25N5O4/c1-3-35-22-16-14-19(15-17-22)23(33)27-24-26(28-18(2)32,29-20-10-6-4-7-11-20)25(34)31(30-24)21-12-8-5-9-13-21/h4-17,29H,3H2,1-2H3,(H,28,32)(H,27,30,33). The van der Waals surface area contributed by atoms with Crippen LogP contribution in [0.2, 0.25) is 0 Å². The fourth-order valence-corrected chi connectivity index (χ4v) is 3.65. The summed E-state index contributed by atoms with van der Waals surface area (Å²) in [5.74, 6) is -1.00. The molecule has 1 unspecified atom stereocenters. The Morgan fingerprint density at radius 3 is 2.17 bits per heavy atom. The first-order valence-electron chi connectivity index (χ1n) is 11.1. The van der Waals surface area contributed by atoms with Gasteiger partial charge in [0.25, 0.3) is 11.6 Å². The van der Waals surface area contributed by atoms with Crippen LogP contribution in [0.25, 0.3) is 0 Å². The second-order valence-corrected chi connectivity index (χ2v) is 7.73. The zero-order chi connectivity index (χ0) is 24.8. The molecule has 1 heterocycles. The van der Waals surface area contributed by atoms with Gasteiger partial charge in [-0.25, -0.2) is 0 Å². The predicted molar refractivity (Wildman–Crippen MR) is 133 cm³/mol. The van der Waals surface area contributed by atoms with Crippen molar-refractivity contribution in [3.05, 3.63) is 90.5 Å². The molecule has 0 radical (unpaired) electrons. The van der Waals surface area contributed by atoms with E-state index in [1.165, 1.54) is 6.92 Å². The van der Waals surface area contributed by atoms with Crippen LogP contribution in [-0.2, 0) is 9.59 Å². The van der Waals surface area contributed by atoms with Crippen molar-refractivity contribution in [2.24, 2.45) is 5.10 Å². The van der Waals surface area contributed by atoms with E-state index >= 15 is 0 Å². The number of nitrogens with zero attached hydrogens (tertiary/aromatic N) is 2. The number of amidine groups is 1. The third kappa shape index (κ3) is 4.98. The van der Waals surface area contributed by atoms with Gasteiger partial charge in [-0.3, -0.25) is 14.4 Å². The van der Waals surface area contributed by atoms with Gasteiger partial charge in [0.1, 0.15) is 5.75 Å². The Kier molecular flexibility index (Phi) is 6.77. The summed E-state index contributed by atoms with van der Waals surface area (Å²) in [6.07, 6.45) is 0. The van der Waals surface area contributed by atoms with Gasteiger partial charge in [-0.05, 0) is 55.5 Å². The molecule has 1 aliphatic heterocycles. The average Bonchev–Trinajstić information content (AvgIpc) is 3.11. The van der Waals surface area contributed by atoms with Crippen LogP contribution < -0.4 is 25.7 Å². The highest BCUT2D eigenvalue weighted by atomic mass is 16.5. The van der Waals surface area contributed by atoms with Crippen molar-refractivity contribution in [1.29, 1.82) is 0 Å². The normalized spacial score (nSPS) is 16.9. The molecule has 178 valence electrons. The molecule has 0 fully saturated rings. The smallest absolute Gasteiger partial charge is 0.302 e. The number of carbonyl (C=O) groups is 3. The fourth-order valence-electron chi connectivity index (χ4n) is 3.65. The highest BCUT2D eigenvalue weighted by Gasteiger charge is 2.54. The number of amides is 3. The van der Waals surface area contributed by atoms with Crippen LogP contribution in [-0.4, -0.2) is 35.8 Å². The number of nitrogens with one attached hydrogen (secondary N) is 3. The molecular formula is C26H25N5O4. The molecule has 0 saturated carbocycles. The molecule has 3 N–H and O–H groups in total. The molecule has 0 aliphatic carbocycles. The minimum absolute atomic E-state index is 0.0655. The van der Waals surface area contributed by atoms with E-state index in [0.29, 0.717) is 29.3 Å². The maximum Gasteiger partial charge on any atom is 0.302 e. The number of benzene rings is 3. The molecule has 0 aromatic heterocycles. The lowest BCUT2D eigenvalue weighted by Gasteiger charge is -2.31. The van der Waals surface area contributed by atoms with Crippen LogP contribution in [0.3, 0.4) is 0 Å². The van der Waals surface area contributed by atoms with Gasteiger partial charge < -0.3 is 20.7 Å². The number of hydrazone groups is 1. The van der Waals surface area contributed by atoms with Gasteiger partial charge in [0, 0.05) is 18.2 Å². The van der Waals surface area contributed by atoms with E-state index in [1.54, 1.807) is 72.8 Å². The monoisotopic (exact) mass is 471 g/mol. The van der Waals surface area contributed by atoms with Crippen molar-refractivity contribution in [1.82, 2.24) is 10.6 Å². The fraction of sp³-hybridized carbons (Fsp3) is 0.154. The van der Waals surface area contributed by atoms with Crippen LogP contribution in [0.15, 0.2) is 90.0 Å². The van der Waals surface area contributed by atoms with Crippen molar-refractivity contribution in [3.63, 3.8) is 0 Å². The van der Waals surface area contributed by atoms with Gasteiger partial charge in [-0.1, -0.05) is 36.4 Å². The van der Waals surface area contributed by atoms with E-state index in [-0.39, 0.29) is 5.84 Å². The lowest BCUT2D eigenvalue weighted by atomic mass is 10.1. The predicted octanol–water partition coefficient (Wildman–Crippen LogP) is 3.12. The van der Waals surface area contributed by atoms with Gasteiger partial charge in [-0.15, -0.1) is 5.10 Å². The van der Waals surface area contributed by atoms with Crippen molar-refractivity contribution in [2.75, 3.05) is 16.9 Å². The Labute approximate surface area is 202 Å². The van der Waals surface area contributed by atoms with E-state index in [0.717, 1.165) is 5.01 Å². The molecule has 9 heteroatoms. The van der Waals surface area contributed by atoms with Crippen LogP contribution >= 0.6 is 0 Å². The lowest BCUT2D eigenvalue weighted by molar-refractivity contribution is -0.127. The average molecular weight is 472 g/mol. The van der Waals surface area contributed by atoms with Crippen molar-refractivity contribution < 1.29 is 19.1 Å². The first-order valence-corrected chi connectivity index (χ1v) is 11.1. The quantitative estimate of drug-likeness (QED) is 0.459. The third-order valence-electron chi connectivity index (χ3n) is 5.20. The summed E-state index contributed by atoms with van der Waals surface area (Å²) >= 11 is 0. The van der Waals surface area contributed by atoms with Crippen LogP contribution in [0, 0.1) is 0 Å². The highest BCUT2D eigenvalue weighted by molar-refractivity contribution is 6.28. The number of carbonyl (C=O) groups excluding carboxylic acids is 3. The van der Waals surface area contributed by atoms with E-state index in [2.05, 4.69) is 21.1 Å². The van der Waals surface area contributed by atoms with Crippen molar-refractivity contribution in [2.45, 2.75) is 19.5 Å². The van der Waals surface area contributed by atoms with Crippen molar-refractivity contribution >= 4 is 34.9 Å². The van der Waals surface area contributed by atoms with Crippen LogP contribution in [0.1, 0.15) is 24.2 Å². The Morgan fingerprint density at radius 2 is 1.57 bits per heavy atom. The Bertz CT molecular complexity index is 1250. The number of hydrogen-bond acceptors (Lipinski definition) is 6. The summed E-state index contributed by atoms with van der Waals surface area (Å²) in [5.41, 5.74) is -0.484. The van der Waals surface area contributed by atoms with Gasteiger partial charge in [-0.2, -0.15) is 5.01 Å². The summed E-state index contributed by atoms with van der Waals surface area (Å²) in [6.45, 7) is 3.67. The topological polar surface area (TPSA) is 112 Å². The van der Waals surface area contributed by atoms with E-state index in [1.807, 2.05) is 19.1 Å². The van der Waals surface area contributed by atoms with Gasteiger partial charge in [0.2, 0.25) is 5.91 Å². The Balaban J connectivity index is 1.74. The van der Waals surface area contributed by atoms with Gasteiger partial charge in [0.05, 0.1) is 12.3 Å². The molecule has 35 heavy (non-hydrogen) atoms. The second kappa shape index (κ2) is 10.1. The van der Waals surface area contributed by atoms with Gasteiger partial charge in [0.15, 0.2) is 5.84 Å². The molecule has 1 atom stereocenters. The molecule has 0 saturated heterocycles. The summed E-state index contributed by atoms with van der Waals surface area (Å²) in [5, 5.41) is 14.1. The zero-order valence-electron chi connectivity index (χ0n) is 19.3. The zero-order valence-corrected chi connectivity index (χ0v) is 19.3. The maximum atomic E-state index is 13.8. The molecule has 9 nitrogen and oxygen atoms in total. The summed E-state index contributed by atoms with van der Waals surface area (Å²) < 4.78 is 5.43. The maximum absolute atomic E-state index is 13.8. The number of hydrogen-bond donors (Lipinski definition) is 3. The Morgan fingerprint density at radius 1 is 0.943 bits per heavy atom. The van der Waals surface area contributed by atoms with E-state index in [4.69, 9.17) is 4.74 Å². The largest absolute Gasteiger partial charge is 0.494 e. The number of para-hydroxylation sites is 2. The summed E-state index contributed by atoms with van der Waals surface area (Å²) in [6, 6.07) is 24.2. The SMILES string of the molecule is CCOc1ccc(C(=O)NC2=NN(c3ccccc3)C(=O)C2(NC(C)=O)Nc2ccccc2)cc1. The lowest BCUT2D eigenvalue weighted by Crippen LogP contribution is -2.67. The molecule has 0 spiro atoms. The van der Waals surface area contributed by atoms with Crippen molar-refractivity contribution in [3.8, 4) is 5.75 Å². The molecule has 3 amide bonds. The Hall–Kier alpha value is -4.66. The molecule has 1 aliphatic rings. The molecule has 0 bridgehead atoms. The highest BCUT2D eigenvalue weighted by Crippen LogP contribution is 2.28. The van der Waals surface area contributed by atoms with Crippen LogP contribution in [0.5, 0.6) is 5.75 Å². The number of anilines is 2. The summed E-state index contributed by atoms with van der Waals surface area (Å²) in [4.78, 5) is 39.2. The first kappa shape index (κ1) is 23.5. The third-order valence-corrected chi connectivity index (χ3v) is 5.20. The number of rotatable bonds is 7. The molecule has 3 aromatic rings. The number of ether oxygens (including phenoxy) is 1. The second-order valence-electron chi connectivity index (χ2n) is 7.73.